The summed E-state index contributed by atoms with van der Waals surface area (Å²) in [6.07, 6.45) is 2.29. The molecule has 3 heteroatoms. The lowest BCUT2D eigenvalue weighted by Gasteiger charge is -2.25. The predicted octanol–water partition coefficient (Wildman–Crippen LogP) is 2.37. The van der Waals surface area contributed by atoms with Gasteiger partial charge < -0.3 is 10.0 Å². The number of rotatable bonds is 2. The number of anilines is 1. The molecule has 0 spiro atoms. The zero-order valence-electron chi connectivity index (χ0n) is 8.81. The van der Waals surface area contributed by atoms with E-state index < -0.39 is 5.97 Å². The Labute approximate surface area is 89.3 Å². The van der Waals surface area contributed by atoms with Crippen LogP contribution in [0.25, 0.3) is 0 Å². The fourth-order valence-corrected chi connectivity index (χ4v) is 2.20. The van der Waals surface area contributed by atoms with Gasteiger partial charge in [0.2, 0.25) is 0 Å². The Balaban J connectivity index is 2.38. The van der Waals surface area contributed by atoms with Gasteiger partial charge in [-0.3, -0.25) is 0 Å². The molecule has 1 saturated heterocycles. The van der Waals surface area contributed by atoms with Crippen LogP contribution in [0, 0.1) is 0 Å². The van der Waals surface area contributed by atoms with Crippen LogP contribution in [-0.2, 0) is 0 Å². The highest BCUT2D eigenvalue weighted by Crippen LogP contribution is 2.28. The normalized spacial score (nSPS) is 20.6. The van der Waals surface area contributed by atoms with Gasteiger partial charge in [0.05, 0.1) is 11.3 Å². The van der Waals surface area contributed by atoms with Crippen molar-refractivity contribution in [2.45, 2.75) is 25.8 Å². The average molecular weight is 205 g/mol. The Morgan fingerprint density at radius 2 is 2.20 bits per heavy atom. The van der Waals surface area contributed by atoms with E-state index in [4.69, 9.17) is 5.11 Å². The molecule has 1 unspecified atom stereocenters. The number of para-hydroxylation sites is 1. The Morgan fingerprint density at radius 1 is 1.47 bits per heavy atom. The first kappa shape index (κ1) is 10.0. The summed E-state index contributed by atoms with van der Waals surface area (Å²) in [6.45, 7) is 3.11. The van der Waals surface area contributed by atoms with Gasteiger partial charge in [0.15, 0.2) is 0 Å². The number of carbonyl (C=O) groups is 1. The first-order valence-electron chi connectivity index (χ1n) is 5.29. The Bertz CT molecular complexity index is 376. The third-order valence-electron chi connectivity index (χ3n) is 3.00. The Kier molecular flexibility index (Phi) is 2.62. The van der Waals surface area contributed by atoms with Crippen molar-refractivity contribution in [3.8, 4) is 0 Å². The van der Waals surface area contributed by atoms with Crippen molar-refractivity contribution >= 4 is 11.7 Å². The minimum absolute atomic E-state index is 0.409. The zero-order chi connectivity index (χ0) is 10.8. The Morgan fingerprint density at radius 3 is 2.80 bits per heavy atom. The molecule has 2 rings (SSSR count). The van der Waals surface area contributed by atoms with E-state index in [1.807, 2.05) is 12.1 Å². The average Bonchev–Trinajstić information content (AvgIpc) is 2.64. The molecule has 1 atom stereocenters. The van der Waals surface area contributed by atoms with Crippen molar-refractivity contribution in [3.05, 3.63) is 29.8 Å². The summed E-state index contributed by atoms with van der Waals surface area (Å²) in [4.78, 5) is 13.2. The number of carboxylic acids is 1. The van der Waals surface area contributed by atoms with E-state index in [0.29, 0.717) is 11.6 Å². The van der Waals surface area contributed by atoms with E-state index in [1.165, 1.54) is 0 Å². The van der Waals surface area contributed by atoms with Crippen LogP contribution in [0.1, 0.15) is 30.1 Å². The van der Waals surface area contributed by atoms with Gasteiger partial charge >= 0.3 is 5.97 Å². The second-order valence-corrected chi connectivity index (χ2v) is 4.01. The standard InChI is InChI=1S/C12H15NO2/c1-9-5-4-8-13(9)11-7-3-2-6-10(11)12(14)15/h2-3,6-7,9H,4-5,8H2,1H3,(H,14,15). The molecule has 0 aliphatic carbocycles. The van der Waals surface area contributed by atoms with Crippen LogP contribution in [0.4, 0.5) is 5.69 Å². The maximum atomic E-state index is 11.1. The highest BCUT2D eigenvalue weighted by Gasteiger charge is 2.23. The molecule has 1 N–H and O–H groups in total. The van der Waals surface area contributed by atoms with Crippen molar-refractivity contribution in [1.29, 1.82) is 0 Å². The van der Waals surface area contributed by atoms with Gasteiger partial charge in [-0.2, -0.15) is 0 Å². The molecule has 0 bridgehead atoms. The van der Waals surface area contributed by atoms with E-state index in [9.17, 15) is 4.79 Å². The molecule has 0 radical (unpaired) electrons. The summed E-state index contributed by atoms with van der Waals surface area (Å²) in [5, 5.41) is 9.09. The largest absolute Gasteiger partial charge is 0.478 e. The number of aromatic carboxylic acids is 1. The third-order valence-corrected chi connectivity index (χ3v) is 3.00. The molecule has 15 heavy (non-hydrogen) atoms. The number of nitrogens with zero attached hydrogens (tertiary/aromatic N) is 1. The van der Waals surface area contributed by atoms with Crippen molar-refractivity contribution in [2.75, 3.05) is 11.4 Å². The van der Waals surface area contributed by atoms with Gasteiger partial charge in [0, 0.05) is 12.6 Å². The van der Waals surface area contributed by atoms with Crippen molar-refractivity contribution < 1.29 is 9.90 Å². The summed E-state index contributed by atoms with van der Waals surface area (Å²) in [5.74, 6) is -0.843. The van der Waals surface area contributed by atoms with Crippen LogP contribution < -0.4 is 4.90 Å². The molecular weight excluding hydrogens is 190 g/mol. The molecule has 0 aromatic heterocycles. The molecule has 1 aliphatic rings. The van der Waals surface area contributed by atoms with E-state index in [2.05, 4.69) is 11.8 Å². The molecule has 1 aromatic carbocycles. The van der Waals surface area contributed by atoms with Gasteiger partial charge in [-0.1, -0.05) is 12.1 Å². The molecule has 3 nitrogen and oxygen atoms in total. The van der Waals surface area contributed by atoms with Crippen LogP contribution in [0.3, 0.4) is 0 Å². The van der Waals surface area contributed by atoms with Crippen LogP contribution in [0.5, 0.6) is 0 Å². The van der Waals surface area contributed by atoms with Gasteiger partial charge in [-0.05, 0) is 31.9 Å². The third kappa shape index (κ3) is 1.82. The first-order chi connectivity index (χ1) is 7.20. The fraction of sp³-hybridized carbons (Fsp3) is 0.417. The monoisotopic (exact) mass is 205 g/mol. The number of benzene rings is 1. The van der Waals surface area contributed by atoms with E-state index >= 15 is 0 Å². The van der Waals surface area contributed by atoms with E-state index in [-0.39, 0.29) is 0 Å². The lowest BCUT2D eigenvalue weighted by Crippen LogP contribution is -2.27. The molecule has 0 saturated carbocycles. The molecule has 80 valence electrons. The first-order valence-corrected chi connectivity index (χ1v) is 5.29. The molecule has 1 fully saturated rings. The quantitative estimate of drug-likeness (QED) is 0.805. The number of hydrogen-bond acceptors (Lipinski definition) is 2. The van der Waals surface area contributed by atoms with Gasteiger partial charge in [-0.25, -0.2) is 4.79 Å². The summed E-state index contributed by atoms with van der Waals surface area (Å²) in [5.41, 5.74) is 1.27. The van der Waals surface area contributed by atoms with Gasteiger partial charge in [0.1, 0.15) is 0 Å². The maximum Gasteiger partial charge on any atom is 0.337 e. The molecule has 0 amide bonds. The summed E-state index contributed by atoms with van der Waals surface area (Å²) in [7, 11) is 0. The highest BCUT2D eigenvalue weighted by molar-refractivity contribution is 5.94. The number of carboxylic acid groups (broad SMARTS) is 1. The van der Waals surface area contributed by atoms with Gasteiger partial charge in [-0.15, -0.1) is 0 Å². The molecule has 1 heterocycles. The summed E-state index contributed by atoms with van der Waals surface area (Å²) in [6, 6.07) is 7.68. The van der Waals surface area contributed by atoms with Crippen LogP contribution in [-0.4, -0.2) is 23.7 Å². The lowest BCUT2D eigenvalue weighted by atomic mass is 10.1. The van der Waals surface area contributed by atoms with E-state index in [1.54, 1.807) is 12.1 Å². The van der Waals surface area contributed by atoms with Crippen molar-refractivity contribution in [1.82, 2.24) is 0 Å². The minimum Gasteiger partial charge on any atom is -0.478 e. The second-order valence-electron chi connectivity index (χ2n) is 4.01. The molecule has 1 aromatic rings. The van der Waals surface area contributed by atoms with E-state index in [0.717, 1.165) is 25.1 Å². The van der Waals surface area contributed by atoms with Crippen LogP contribution >= 0.6 is 0 Å². The predicted molar refractivity (Wildman–Crippen MR) is 59.4 cm³/mol. The highest BCUT2D eigenvalue weighted by atomic mass is 16.4. The SMILES string of the molecule is CC1CCCN1c1ccccc1C(=O)O. The molecular formula is C12H15NO2. The van der Waals surface area contributed by atoms with Gasteiger partial charge in [0.25, 0.3) is 0 Å². The Hall–Kier alpha value is -1.51. The fourth-order valence-electron chi connectivity index (χ4n) is 2.20. The summed E-state index contributed by atoms with van der Waals surface area (Å²) >= 11 is 0. The zero-order valence-corrected chi connectivity index (χ0v) is 8.81. The number of hydrogen-bond donors (Lipinski definition) is 1. The maximum absolute atomic E-state index is 11.1. The van der Waals surface area contributed by atoms with Crippen LogP contribution in [0.15, 0.2) is 24.3 Å². The smallest absolute Gasteiger partial charge is 0.337 e. The topological polar surface area (TPSA) is 40.5 Å². The second kappa shape index (κ2) is 3.93. The van der Waals surface area contributed by atoms with Crippen molar-refractivity contribution in [2.24, 2.45) is 0 Å². The molecule has 1 aliphatic heterocycles. The minimum atomic E-state index is -0.843. The van der Waals surface area contributed by atoms with Crippen molar-refractivity contribution in [3.63, 3.8) is 0 Å². The lowest BCUT2D eigenvalue weighted by molar-refractivity contribution is 0.0697. The summed E-state index contributed by atoms with van der Waals surface area (Å²) < 4.78 is 0. The van der Waals surface area contributed by atoms with Crippen LogP contribution in [0.2, 0.25) is 0 Å².